The van der Waals surface area contributed by atoms with Crippen molar-refractivity contribution in [3.8, 4) is 0 Å². The largest absolute Gasteiger partial charge is 0.356 e. The molecule has 2 heterocycles. The van der Waals surface area contributed by atoms with E-state index < -0.39 is 0 Å². The third-order valence-corrected chi connectivity index (χ3v) is 4.34. The van der Waals surface area contributed by atoms with E-state index in [1.54, 1.807) is 0 Å². The van der Waals surface area contributed by atoms with Gasteiger partial charge in [-0.05, 0) is 23.3 Å². The molecule has 2 fully saturated rings. The number of ether oxygens (including phenoxy) is 2. The lowest BCUT2D eigenvalue weighted by molar-refractivity contribution is -0.121. The fourth-order valence-electron chi connectivity index (χ4n) is 2.65. The molecule has 0 N–H and O–H groups in total. The van der Waals surface area contributed by atoms with E-state index in [2.05, 4.69) is 15.9 Å². The lowest BCUT2D eigenvalue weighted by Crippen LogP contribution is -2.15. The minimum Gasteiger partial charge on any atom is -0.356 e. The van der Waals surface area contributed by atoms with Gasteiger partial charge >= 0.3 is 0 Å². The zero-order valence-electron chi connectivity index (χ0n) is 11.1. The van der Waals surface area contributed by atoms with Gasteiger partial charge in [0.05, 0.1) is 0 Å². The van der Waals surface area contributed by atoms with E-state index in [0.29, 0.717) is 0 Å². The second-order valence-corrected chi connectivity index (χ2v) is 6.24. The number of carbonyl (C=O) groups is 1. The molecule has 2 aliphatic heterocycles. The summed E-state index contributed by atoms with van der Waals surface area (Å²) in [6.45, 7) is 0. The molecule has 0 unspecified atom stereocenters. The van der Waals surface area contributed by atoms with Crippen molar-refractivity contribution in [1.29, 1.82) is 0 Å². The van der Waals surface area contributed by atoms with Crippen LogP contribution in [0, 0.1) is 0 Å². The Hall–Kier alpha value is -1.49. The first kappa shape index (κ1) is 13.2. The molecule has 4 rings (SSSR count). The Morgan fingerprint density at radius 3 is 2.14 bits per heavy atom. The zero-order valence-corrected chi connectivity index (χ0v) is 12.7. The molecule has 2 aromatic rings. The molecule has 0 spiro atoms. The average Bonchev–Trinajstić information content (AvgIpc) is 3.39. The summed E-state index contributed by atoms with van der Waals surface area (Å²) < 4.78 is 12.1. The Bertz CT molecular complexity index is 685. The summed E-state index contributed by atoms with van der Waals surface area (Å²) in [4.78, 5) is 12.4. The first-order valence-electron chi connectivity index (χ1n) is 6.89. The van der Waals surface area contributed by atoms with E-state index in [1.807, 2.05) is 54.6 Å². The fourth-order valence-corrected chi connectivity index (χ4v) is 3.07. The van der Waals surface area contributed by atoms with Crippen molar-refractivity contribution in [2.24, 2.45) is 0 Å². The standard InChI is InChI=1S/C17H13BrO3/c18-12-8-4-7-11(9-12)15-17(21-15)13(19)16-14(20-16)10-5-2-1-3-6-10/h1-9,14-17H/t14-,15-,16-,17+/m0/s1. The Morgan fingerprint density at radius 1 is 0.857 bits per heavy atom. The summed E-state index contributed by atoms with van der Waals surface area (Å²) in [5, 5.41) is 0. The maximum absolute atomic E-state index is 12.4. The first-order chi connectivity index (χ1) is 10.2. The molecule has 0 aliphatic carbocycles. The molecule has 4 atom stereocenters. The SMILES string of the molecule is O=C([C@H]1O[C@H]1c1cccc(Br)c1)[C@@H]1O[C@H]1c1ccccc1. The molecule has 4 heteroatoms. The molecule has 21 heavy (non-hydrogen) atoms. The van der Waals surface area contributed by atoms with Crippen molar-refractivity contribution in [3.05, 3.63) is 70.2 Å². The van der Waals surface area contributed by atoms with Gasteiger partial charge in [-0.3, -0.25) is 4.79 Å². The highest BCUT2D eigenvalue weighted by atomic mass is 79.9. The molecular formula is C17H13BrO3. The van der Waals surface area contributed by atoms with Gasteiger partial charge in [0, 0.05) is 4.47 Å². The van der Waals surface area contributed by atoms with E-state index in [1.165, 1.54) is 0 Å². The molecule has 0 bridgehead atoms. The number of hydrogen-bond acceptors (Lipinski definition) is 3. The molecular weight excluding hydrogens is 332 g/mol. The van der Waals surface area contributed by atoms with Crippen LogP contribution in [0.1, 0.15) is 23.3 Å². The van der Waals surface area contributed by atoms with Gasteiger partial charge in [0.15, 0.2) is 5.78 Å². The minimum absolute atomic E-state index is 0.0498. The highest BCUT2D eigenvalue weighted by Gasteiger charge is 2.56. The topological polar surface area (TPSA) is 42.1 Å². The van der Waals surface area contributed by atoms with Gasteiger partial charge in [0.1, 0.15) is 24.4 Å². The zero-order chi connectivity index (χ0) is 14.4. The number of Topliss-reactive ketones (excluding diaryl/α,β-unsaturated/α-hetero) is 1. The number of ketones is 1. The Labute approximate surface area is 131 Å². The van der Waals surface area contributed by atoms with Crippen LogP contribution < -0.4 is 0 Å². The Morgan fingerprint density at radius 2 is 1.48 bits per heavy atom. The van der Waals surface area contributed by atoms with Crippen LogP contribution in [0.25, 0.3) is 0 Å². The van der Waals surface area contributed by atoms with Crippen molar-refractivity contribution in [1.82, 2.24) is 0 Å². The van der Waals surface area contributed by atoms with Crippen LogP contribution in [-0.4, -0.2) is 18.0 Å². The summed E-state index contributed by atoms with van der Waals surface area (Å²) in [7, 11) is 0. The predicted octanol–water partition coefficient (Wildman–Crippen LogP) is 3.60. The van der Waals surface area contributed by atoms with Crippen molar-refractivity contribution in [2.45, 2.75) is 24.4 Å². The lowest BCUT2D eigenvalue weighted by Gasteiger charge is -1.96. The summed E-state index contributed by atoms with van der Waals surface area (Å²) in [6.07, 6.45) is -0.950. The van der Waals surface area contributed by atoms with Crippen LogP contribution in [0.5, 0.6) is 0 Å². The van der Waals surface area contributed by atoms with Crippen molar-refractivity contribution in [3.63, 3.8) is 0 Å². The van der Waals surface area contributed by atoms with Gasteiger partial charge in [-0.15, -0.1) is 0 Å². The number of benzene rings is 2. The Balaban J connectivity index is 1.42. The minimum atomic E-state index is -0.363. The van der Waals surface area contributed by atoms with E-state index in [4.69, 9.17) is 9.47 Å². The number of hydrogen-bond donors (Lipinski definition) is 0. The second-order valence-electron chi connectivity index (χ2n) is 5.32. The van der Waals surface area contributed by atoms with Crippen molar-refractivity contribution < 1.29 is 14.3 Å². The lowest BCUT2D eigenvalue weighted by atomic mass is 10.0. The van der Waals surface area contributed by atoms with Crippen LogP contribution in [0.2, 0.25) is 0 Å². The predicted molar refractivity (Wildman–Crippen MR) is 80.8 cm³/mol. The Kier molecular flexibility index (Phi) is 3.17. The normalized spacial score (nSPS) is 30.0. The molecule has 106 valence electrons. The summed E-state index contributed by atoms with van der Waals surface area (Å²) in [6, 6.07) is 17.7. The van der Waals surface area contributed by atoms with Crippen molar-refractivity contribution in [2.75, 3.05) is 0 Å². The third-order valence-electron chi connectivity index (χ3n) is 3.85. The molecule has 0 radical (unpaired) electrons. The fraction of sp³-hybridized carbons (Fsp3) is 0.235. The van der Waals surface area contributed by atoms with E-state index >= 15 is 0 Å². The van der Waals surface area contributed by atoms with Gasteiger partial charge in [0.2, 0.25) is 0 Å². The summed E-state index contributed by atoms with van der Waals surface area (Å²) in [5.74, 6) is 0.0498. The molecule has 2 aromatic carbocycles. The van der Waals surface area contributed by atoms with E-state index in [9.17, 15) is 4.79 Å². The van der Waals surface area contributed by atoms with Gasteiger partial charge in [-0.2, -0.15) is 0 Å². The summed E-state index contributed by atoms with van der Waals surface area (Å²) in [5.41, 5.74) is 2.08. The van der Waals surface area contributed by atoms with Crippen LogP contribution >= 0.6 is 15.9 Å². The molecule has 0 saturated carbocycles. The number of halogens is 1. The van der Waals surface area contributed by atoms with Crippen LogP contribution in [0.15, 0.2) is 59.1 Å². The van der Waals surface area contributed by atoms with Gasteiger partial charge in [-0.1, -0.05) is 58.4 Å². The third kappa shape index (κ3) is 2.55. The average molecular weight is 345 g/mol. The van der Waals surface area contributed by atoms with E-state index in [0.717, 1.165) is 15.6 Å². The second kappa shape index (κ2) is 5.05. The number of rotatable bonds is 4. The maximum Gasteiger partial charge on any atom is 0.196 e. The highest BCUT2D eigenvalue weighted by Crippen LogP contribution is 2.47. The summed E-state index contributed by atoms with van der Waals surface area (Å²) >= 11 is 3.43. The van der Waals surface area contributed by atoms with Crippen molar-refractivity contribution >= 4 is 21.7 Å². The van der Waals surface area contributed by atoms with E-state index in [-0.39, 0.29) is 30.2 Å². The van der Waals surface area contributed by atoms with Crippen LogP contribution in [-0.2, 0) is 14.3 Å². The van der Waals surface area contributed by atoms with Gasteiger partial charge < -0.3 is 9.47 Å². The molecule has 0 aromatic heterocycles. The quantitative estimate of drug-likeness (QED) is 0.796. The molecule has 3 nitrogen and oxygen atoms in total. The number of epoxide rings is 2. The molecule has 2 saturated heterocycles. The monoisotopic (exact) mass is 344 g/mol. The highest BCUT2D eigenvalue weighted by molar-refractivity contribution is 9.10. The number of carbonyl (C=O) groups excluding carboxylic acids is 1. The first-order valence-corrected chi connectivity index (χ1v) is 7.68. The smallest absolute Gasteiger partial charge is 0.196 e. The molecule has 2 aliphatic rings. The van der Waals surface area contributed by atoms with Gasteiger partial charge in [-0.25, -0.2) is 0 Å². The van der Waals surface area contributed by atoms with Gasteiger partial charge in [0.25, 0.3) is 0 Å². The van der Waals surface area contributed by atoms with Crippen LogP contribution in [0.3, 0.4) is 0 Å². The molecule has 0 amide bonds. The maximum atomic E-state index is 12.4. The van der Waals surface area contributed by atoms with Crippen LogP contribution in [0.4, 0.5) is 0 Å².